The van der Waals surface area contributed by atoms with E-state index in [4.69, 9.17) is 0 Å². The topological polar surface area (TPSA) is 54.4 Å². The van der Waals surface area contributed by atoms with Gasteiger partial charge in [-0.15, -0.1) is 0 Å². The normalized spacial score (nSPS) is 14.8. The molecule has 0 radical (unpaired) electrons. The molecule has 1 aromatic rings. The van der Waals surface area contributed by atoms with E-state index in [1.165, 1.54) is 0 Å². The fourth-order valence-corrected chi connectivity index (χ4v) is 2.86. The first kappa shape index (κ1) is 13.2. The van der Waals surface area contributed by atoms with Crippen LogP contribution in [0.3, 0.4) is 0 Å². The third-order valence-electron chi connectivity index (χ3n) is 2.48. The average molecular weight is 242 g/mol. The Balaban J connectivity index is 2.90. The maximum Gasteiger partial charge on any atom is 0.180 e. The molecule has 0 fully saturated rings. The van der Waals surface area contributed by atoms with E-state index < -0.39 is 21.4 Å². The molecular formula is C12H18O3S. The molecule has 1 rings (SSSR count). The summed E-state index contributed by atoms with van der Waals surface area (Å²) in [4.78, 5) is 0.262. The molecule has 0 heterocycles. The standard InChI is InChI=1S/C12H18O3S/c1-12(2,3)11(13)9-16(14,15)10-7-5-4-6-8-10/h4-8,11,13H,9H2,1-3H3/t11-/m1/s1. The van der Waals surface area contributed by atoms with E-state index in [9.17, 15) is 13.5 Å². The van der Waals surface area contributed by atoms with Gasteiger partial charge in [0.05, 0.1) is 16.8 Å². The second-order valence-corrected chi connectivity index (χ2v) is 7.01. The van der Waals surface area contributed by atoms with E-state index in [1.54, 1.807) is 30.3 Å². The fourth-order valence-electron chi connectivity index (χ4n) is 1.18. The Bertz CT molecular complexity index is 429. The number of hydrogen-bond donors (Lipinski definition) is 1. The van der Waals surface area contributed by atoms with Gasteiger partial charge in [-0.05, 0) is 17.5 Å². The fraction of sp³-hybridized carbons (Fsp3) is 0.500. The van der Waals surface area contributed by atoms with Crippen LogP contribution in [0.4, 0.5) is 0 Å². The molecule has 0 spiro atoms. The van der Waals surface area contributed by atoms with Crippen LogP contribution in [-0.4, -0.2) is 25.4 Å². The zero-order valence-corrected chi connectivity index (χ0v) is 10.7. The lowest BCUT2D eigenvalue weighted by Gasteiger charge is -2.25. The smallest absolute Gasteiger partial charge is 0.180 e. The summed E-state index contributed by atoms with van der Waals surface area (Å²) in [7, 11) is -3.39. The molecule has 0 amide bonds. The van der Waals surface area contributed by atoms with Crippen LogP contribution < -0.4 is 0 Å². The van der Waals surface area contributed by atoms with Crippen molar-refractivity contribution < 1.29 is 13.5 Å². The Morgan fingerprint density at radius 3 is 2.12 bits per heavy atom. The Kier molecular flexibility index (Phi) is 3.76. The molecule has 0 saturated heterocycles. The van der Waals surface area contributed by atoms with Crippen LogP contribution in [0.2, 0.25) is 0 Å². The maximum atomic E-state index is 11.9. The molecule has 0 saturated carbocycles. The molecule has 0 aliphatic carbocycles. The highest BCUT2D eigenvalue weighted by molar-refractivity contribution is 7.91. The van der Waals surface area contributed by atoms with Crippen molar-refractivity contribution in [1.29, 1.82) is 0 Å². The van der Waals surface area contributed by atoms with Crippen LogP contribution >= 0.6 is 0 Å². The van der Waals surface area contributed by atoms with E-state index in [-0.39, 0.29) is 10.6 Å². The zero-order chi connectivity index (χ0) is 12.4. The number of aliphatic hydroxyl groups excluding tert-OH is 1. The van der Waals surface area contributed by atoms with Crippen molar-refractivity contribution in [2.45, 2.75) is 31.8 Å². The molecule has 0 aliphatic heterocycles. The molecule has 0 aromatic heterocycles. The lowest BCUT2D eigenvalue weighted by atomic mass is 9.90. The quantitative estimate of drug-likeness (QED) is 0.880. The SMILES string of the molecule is CC(C)(C)[C@H](O)CS(=O)(=O)c1ccccc1. The minimum atomic E-state index is -3.39. The van der Waals surface area contributed by atoms with Gasteiger partial charge in [0.2, 0.25) is 0 Å². The molecule has 4 heteroatoms. The molecular weight excluding hydrogens is 224 g/mol. The Morgan fingerprint density at radius 1 is 1.19 bits per heavy atom. The van der Waals surface area contributed by atoms with Gasteiger partial charge in [-0.1, -0.05) is 39.0 Å². The summed E-state index contributed by atoms with van der Waals surface area (Å²) < 4.78 is 23.9. The lowest BCUT2D eigenvalue weighted by molar-refractivity contribution is 0.0826. The second-order valence-electron chi connectivity index (χ2n) is 4.98. The van der Waals surface area contributed by atoms with Gasteiger partial charge in [0.25, 0.3) is 0 Å². The molecule has 1 atom stereocenters. The lowest BCUT2D eigenvalue weighted by Crippen LogP contribution is -2.33. The summed E-state index contributed by atoms with van der Waals surface area (Å²) in [5.41, 5.74) is -0.429. The van der Waals surface area contributed by atoms with Gasteiger partial charge in [-0.25, -0.2) is 8.42 Å². The summed E-state index contributed by atoms with van der Waals surface area (Å²) in [6.45, 7) is 5.45. The first-order valence-corrected chi connectivity index (χ1v) is 6.84. The summed E-state index contributed by atoms with van der Waals surface area (Å²) in [5, 5.41) is 9.80. The highest BCUT2D eigenvalue weighted by Gasteiger charge is 2.28. The summed E-state index contributed by atoms with van der Waals surface area (Å²) >= 11 is 0. The van der Waals surface area contributed by atoms with Crippen LogP contribution in [0, 0.1) is 5.41 Å². The second kappa shape index (κ2) is 4.55. The highest BCUT2D eigenvalue weighted by Crippen LogP contribution is 2.22. The Hall–Kier alpha value is -0.870. The van der Waals surface area contributed by atoms with Crippen LogP contribution in [0.15, 0.2) is 35.2 Å². The number of rotatable bonds is 3. The predicted molar refractivity (Wildman–Crippen MR) is 64.0 cm³/mol. The number of aliphatic hydroxyl groups is 1. The Labute approximate surface area is 97.0 Å². The minimum absolute atomic E-state index is 0.236. The van der Waals surface area contributed by atoms with Gasteiger partial charge in [0.15, 0.2) is 9.84 Å². The number of hydrogen-bond acceptors (Lipinski definition) is 3. The van der Waals surface area contributed by atoms with Crippen LogP contribution in [0.1, 0.15) is 20.8 Å². The molecule has 1 N–H and O–H groups in total. The molecule has 0 unspecified atom stereocenters. The molecule has 90 valence electrons. The Morgan fingerprint density at radius 2 is 1.69 bits per heavy atom. The average Bonchev–Trinajstić information content (AvgIpc) is 2.17. The van der Waals surface area contributed by atoms with Gasteiger partial charge >= 0.3 is 0 Å². The molecule has 16 heavy (non-hydrogen) atoms. The molecule has 3 nitrogen and oxygen atoms in total. The molecule has 1 aromatic carbocycles. The van der Waals surface area contributed by atoms with Crippen molar-refractivity contribution in [2.24, 2.45) is 5.41 Å². The first-order valence-electron chi connectivity index (χ1n) is 5.19. The number of sulfone groups is 1. The highest BCUT2D eigenvalue weighted by atomic mass is 32.2. The van der Waals surface area contributed by atoms with Gasteiger partial charge in [-0.3, -0.25) is 0 Å². The van der Waals surface area contributed by atoms with E-state index in [0.717, 1.165) is 0 Å². The van der Waals surface area contributed by atoms with Gasteiger partial charge in [0, 0.05) is 0 Å². The van der Waals surface area contributed by atoms with Crippen molar-refractivity contribution in [2.75, 3.05) is 5.75 Å². The predicted octanol–water partition coefficient (Wildman–Crippen LogP) is 1.87. The summed E-state index contributed by atoms with van der Waals surface area (Å²) in [6.07, 6.45) is -0.863. The summed E-state index contributed by atoms with van der Waals surface area (Å²) in [5.74, 6) is -0.236. The van der Waals surface area contributed by atoms with E-state index in [0.29, 0.717) is 0 Å². The molecule has 0 bridgehead atoms. The monoisotopic (exact) mass is 242 g/mol. The number of benzene rings is 1. The maximum absolute atomic E-state index is 11.9. The van der Waals surface area contributed by atoms with Gasteiger partial charge < -0.3 is 5.11 Å². The van der Waals surface area contributed by atoms with Crippen molar-refractivity contribution in [3.05, 3.63) is 30.3 Å². The van der Waals surface area contributed by atoms with Crippen LogP contribution in [0.25, 0.3) is 0 Å². The van der Waals surface area contributed by atoms with Crippen molar-refractivity contribution in [1.82, 2.24) is 0 Å². The third-order valence-corrected chi connectivity index (χ3v) is 4.22. The van der Waals surface area contributed by atoms with Crippen molar-refractivity contribution >= 4 is 9.84 Å². The van der Waals surface area contributed by atoms with Crippen LogP contribution in [-0.2, 0) is 9.84 Å². The van der Waals surface area contributed by atoms with E-state index >= 15 is 0 Å². The minimum Gasteiger partial charge on any atom is -0.392 e. The van der Waals surface area contributed by atoms with Crippen LogP contribution in [0.5, 0.6) is 0 Å². The zero-order valence-electron chi connectivity index (χ0n) is 9.84. The van der Waals surface area contributed by atoms with Crippen molar-refractivity contribution in [3.63, 3.8) is 0 Å². The molecule has 0 aliphatic rings. The van der Waals surface area contributed by atoms with E-state index in [1.807, 2.05) is 20.8 Å². The first-order chi connectivity index (χ1) is 7.23. The van der Waals surface area contributed by atoms with Crippen molar-refractivity contribution in [3.8, 4) is 0 Å². The van der Waals surface area contributed by atoms with Gasteiger partial charge in [0.1, 0.15) is 0 Å². The summed E-state index contributed by atoms with van der Waals surface area (Å²) in [6, 6.07) is 8.21. The van der Waals surface area contributed by atoms with Gasteiger partial charge in [-0.2, -0.15) is 0 Å². The van der Waals surface area contributed by atoms with E-state index in [2.05, 4.69) is 0 Å². The third kappa shape index (κ3) is 3.32. The largest absolute Gasteiger partial charge is 0.392 e.